The summed E-state index contributed by atoms with van der Waals surface area (Å²) in [5, 5.41) is 18.1. The van der Waals surface area contributed by atoms with Gasteiger partial charge in [0.15, 0.2) is 6.10 Å². The van der Waals surface area contributed by atoms with Crippen LogP contribution in [0.3, 0.4) is 0 Å². The third kappa shape index (κ3) is 1.85. The zero-order valence-corrected chi connectivity index (χ0v) is 8.92. The van der Waals surface area contributed by atoms with E-state index in [0.717, 1.165) is 12.3 Å². The molecule has 2 heterocycles. The third-order valence-electron chi connectivity index (χ3n) is 2.66. The first-order chi connectivity index (χ1) is 8.37. The molecule has 100 valence electrons. The van der Waals surface area contributed by atoms with E-state index in [-0.39, 0.29) is 0 Å². The Balaban J connectivity index is 2.45. The lowest BCUT2D eigenvalue weighted by Gasteiger charge is -2.20. The quantitative estimate of drug-likeness (QED) is 0.600. The van der Waals surface area contributed by atoms with Crippen molar-refractivity contribution in [1.29, 1.82) is 0 Å². The maximum atomic E-state index is 13.7. The summed E-state index contributed by atoms with van der Waals surface area (Å²) >= 11 is 0. The van der Waals surface area contributed by atoms with Gasteiger partial charge in [0.2, 0.25) is 6.23 Å². The molecule has 18 heavy (non-hydrogen) atoms. The van der Waals surface area contributed by atoms with Gasteiger partial charge < -0.3 is 14.9 Å². The SMILES string of the molecule is O=c1cc[15n]([C@@H]2O[C@H](CO)C(O)C2(F)F)[13c](=O)[15nH]1. The molecule has 0 bridgehead atoms. The summed E-state index contributed by atoms with van der Waals surface area (Å²) in [6, 6.07) is 0.874. The van der Waals surface area contributed by atoms with Gasteiger partial charge >= 0.3 is 11.6 Å². The van der Waals surface area contributed by atoms with E-state index in [4.69, 9.17) is 9.84 Å². The molecule has 1 unspecified atom stereocenters. The molecule has 1 fully saturated rings. The minimum atomic E-state index is -3.75. The van der Waals surface area contributed by atoms with E-state index >= 15 is 0 Å². The second kappa shape index (κ2) is 4.26. The summed E-state index contributed by atoms with van der Waals surface area (Å²) in [4.78, 5) is 24.0. The van der Waals surface area contributed by atoms with Crippen LogP contribution < -0.4 is 11.2 Å². The van der Waals surface area contributed by atoms with Gasteiger partial charge in [-0.05, 0) is 0 Å². The van der Waals surface area contributed by atoms with E-state index in [0.29, 0.717) is 4.57 Å². The average molecular weight is 267 g/mol. The van der Waals surface area contributed by atoms with Crippen LogP contribution in [0.25, 0.3) is 0 Å². The van der Waals surface area contributed by atoms with Gasteiger partial charge in [-0.25, -0.2) is 4.79 Å². The maximum absolute atomic E-state index is 13.7. The first-order valence-electron chi connectivity index (χ1n) is 5.01. The number of rotatable bonds is 2. The second-order valence-electron chi connectivity index (χ2n) is 3.85. The lowest BCUT2D eigenvalue weighted by atomic mass is 10.1. The Morgan fingerprint density at radius 2 is 2.17 bits per heavy atom. The molecule has 0 spiro atoms. The van der Waals surface area contributed by atoms with Gasteiger partial charge in [0, 0.05) is 12.3 Å². The summed E-state index contributed by atoms with van der Waals surface area (Å²) in [6.07, 6.45) is -4.96. The van der Waals surface area contributed by atoms with Crippen LogP contribution in [0.15, 0.2) is 21.9 Å². The van der Waals surface area contributed by atoms with E-state index < -0.39 is 42.2 Å². The summed E-state index contributed by atoms with van der Waals surface area (Å²) in [7, 11) is 0. The highest BCUT2D eigenvalue weighted by molar-refractivity contribution is 4.97. The molecule has 1 aliphatic rings. The summed E-state index contributed by atoms with van der Waals surface area (Å²) in [5.41, 5.74) is -1.82. The Kier molecular flexibility index (Phi) is 3.05. The van der Waals surface area contributed by atoms with Crippen LogP contribution in [-0.4, -0.2) is 44.5 Å². The van der Waals surface area contributed by atoms with Crippen LogP contribution in [0.2, 0.25) is 0 Å². The fourth-order valence-corrected chi connectivity index (χ4v) is 1.73. The van der Waals surface area contributed by atoms with Crippen molar-refractivity contribution in [1.82, 2.24) is 9.55 Å². The standard InChI is InChI=1S/C9H10F2N2O5/c10-9(11)6(16)4(3-14)18-7(9)13-2-1-5(15)12-8(13)17/h1-2,4,6-7,14,16H,3H2,(H,12,15,17)/t4-,6?,7-/m1/s1/i8+1,12+1,13+1. The first-order valence-corrected chi connectivity index (χ1v) is 5.01. The number of halogens is 2. The van der Waals surface area contributed by atoms with E-state index in [9.17, 15) is 23.5 Å². The fraction of sp³-hybridized carbons (Fsp3) is 0.556. The summed E-state index contributed by atoms with van der Waals surface area (Å²) in [6.45, 7) is -0.814. The molecule has 0 amide bonds. The predicted molar refractivity (Wildman–Crippen MR) is 53.3 cm³/mol. The van der Waals surface area contributed by atoms with Gasteiger partial charge in [-0.2, -0.15) is 8.78 Å². The molecule has 0 saturated carbocycles. The van der Waals surface area contributed by atoms with Gasteiger partial charge in [-0.1, -0.05) is 0 Å². The van der Waals surface area contributed by atoms with Gasteiger partial charge in [-0.15, -0.1) is 0 Å². The van der Waals surface area contributed by atoms with Crippen molar-refractivity contribution in [3.63, 3.8) is 0 Å². The van der Waals surface area contributed by atoms with E-state index in [1.54, 1.807) is 4.98 Å². The number of nitrogens with one attached hydrogen (secondary N) is 1. The van der Waals surface area contributed by atoms with Crippen molar-refractivity contribution < 1.29 is 23.7 Å². The Morgan fingerprint density at radius 1 is 1.50 bits per heavy atom. The molecule has 2 rings (SSSR count). The minimum Gasteiger partial charge on any atom is -0.394 e. The summed E-state index contributed by atoms with van der Waals surface area (Å²) < 4.78 is 32.5. The molecule has 0 aromatic carbocycles. The highest BCUT2D eigenvalue weighted by atomic mass is 19.3. The van der Waals surface area contributed by atoms with Crippen molar-refractivity contribution in [2.24, 2.45) is 0 Å². The number of ether oxygens (including phenoxy) is 1. The Hall–Kier alpha value is -1.58. The normalized spacial score (nSPS) is 30.6. The number of aromatic amines is 1. The summed E-state index contributed by atoms with van der Waals surface area (Å²) in [5.74, 6) is -3.75. The van der Waals surface area contributed by atoms with Crippen LogP contribution >= 0.6 is 0 Å². The van der Waals surface area contributed by atoms with Crippen LogP contribution in [0.1, 0.15) is 6.23 Å². The van der Waals surface area contributed by atoms with Crippen LogP contribution in [0, 0.1) is 0 Å². The zero-order chi connectivity index (χ0) is 13.5. The number of aromatic nitrogens is 2. The van der Waals surface area contributed by atoms with E-state index in [2.05, 4.69) is 0 Å². The number of nitrogens with zero attached hydrogens (tertiary/aromatic N) is 1. The minimum absolute atomic E-state index is 0.459. The smallest absolute Gasteiger partial charge is 0.330 e. The molecular formula is C9H10F2N2O5. The molecule has 3 atom stereocenters. The highest BCUT2D eigenvalue weighted by Crippen LogP contribution is 2.41. The molecule has 1 saturated heterocycles. The lowest BCUT2D eigenvalue weighted by molar-refractivity contribution is -0.141. The average Bonchev–Trinajstić information content (AvgIpc) is 2.52. The predicted octanol–water partition coefficient (Wildman–Crippen LogP) is -1.58. The van der Waals surface area contributed by atoms with Crippen LogP contribution in [-0.2, 0) is 4.74 Å². The monoisotopic (exact) mass is 267 g/mol. The van der Waals surface area contributed by atoms with Gasteiger partial charge in [0.25, 0.3) is 5.56 Å². The van der Waals surface area contributed by atoms with Crippen LogP contribution in [0.5, 0.6) is 0 Å². The van der Waals surface area contributed by atoms with E-state index in [1.165, 1.54) is 0 Å². The molecule has 3 N–H and O–H groups in total. The number of aliphatic hydroxyl groups is 2. The molecule has 7 nitrogen and oxygen atoms in total. The van der Waals surface area contributed by atoms with E-state index in [1.807, 2.05) is 0 Å². The van der Waals surface area contributed by atoms with Crippen LogP contribution in [0.4, 0.5) is 8.78 Å². The zero-order valence-electron chi connectivity index (χ0n) is 8.92. The largest absolute Gasteiger partial charge is 0.394 e. The molecule has 0 radical (unpaired) electrons. The van der Waals surface area contributed by atoms with Gasteiger partial charge in [-0.3, -0.25) is 14.3 Å². The van der Waals surface area contributed by atoms with Crippen molar-refractivity contribution in [2.75, 3.05) is 6.61 Å². The second-order valence-corrected chi connectivity index (χ2v) is 3.85. The Morgan fingerprint density at radius 3 is 2.67 bits per heavy atom. The molecule has 1 aromatic rings. The Labute approximate surface area is 98.3 Å². The fourth-order valence-electron chi connectivity index (χ4n) is 1.73. The van der Waals surface area contributed by atoms with Crippen molar-refractivity contribution >= 4 is 0 Å². The number of H-pyrrole nitrogens is 1. The Bertz CT molecular complexity index is 554. The van der Waals surface area contributed by atoms with Crippen molar-refractivity contribution in [2.45, 2.75) is 24.4 Å². The first kappa shape index (κ1) is 12.9. The highest BCUT2D eigenvalue weighted by Gasteiger charge is 2.59. The number of hydrogen-bond donors (Lipinski definition) is 3. The number of alkyl halides is 2. The topological polar surface area (TPSA) is 105 Å². The number of hydrogen-bond acceptors (Lipinski definition) is 5. The molecule has 0 aliphatic carbocycles. The molecule has 9 heteroatoms. The molecule has 1 aliphatic heterocycles. The van der Waals surface area contributed by atoms with Gasteiger partial charge in [0.1, 0.15) is 6.10 Å². The number of aliphatic hydroxyl groups excluding tert-OH is 2. The van der Waals surface area contributed by atoms with Crippen molar-refractivity contribution in [3.05, 3.63) is 33.1 Å². The molecule has 1 aromatic heterocycles. The third-order valence-corrected chi connectivity index (χ3v) is 2.66. The van der Waals surface area contributed by atoms with Crippen molar-refractivity contribution in [3.8, 4) is 0 Å². The van der Waals surface area contributed by atoms with Gasteiger partial charge in [0.05, 0.1) is 6.61 Å². The maximum Gasteiger partial charge on any atom is 0.330 e. The molecular weight excluding hydrogens is 257 g/mol. The lowest BCUT2D eigenvalue weighted by Crippen LogP contribution is -2.42.